The quantitative estimate of drug-likeness (QED) is 0.608. The highest BCUT2D eigenvalue weighted by atomic mass is 14.8. The predicted molar refractivity (Wildman–Crippen MR) is 64.7 cm³/mol. The molecule has 1 unspecified atom stereocenters. The molecule has 0 amide bonds. The van der Waals surface area contributed by atoms with E-state index in [1.807, 2.05) is 0 Å². The summed E-state index contributed by atoms with van der Waals surface area (Å²) in [5, 5.41) is 2.45. The third-order valence-electron chi connectivity index (χ3n) is 3.72. The number of fused-ring (bicyclic) bond motifs is 1. The Bertz CT molecular complexity index is 511. The second-order valence-corrected chi connectivity index (χ2v) is 4.70. The first-order valence-electron chi connectivity index (χ1n) is 5.67. The SMILES string of the molecule is C=c1c(C)c(C)c2c(c1C)CCC(C)N=2. The van der Waals surface area contributed by atoms with Crippen molar-refractivity contribution in [2.75, 3.05) is 0 Å². The van der Waals surface area contributed by atoms with Gasteiger partial charge in [-0.2, -0.15) is 0 Å². The number of hydrogen-bond donors (Lipinski definition) is 0. The van der Waals surface area contributed by atoms with Crippen molar-refractivity contribution in [1.29, 1.82) is 0 Å². The van der Waals surface area contributed by atoms with Gasteiger partial charge in [-0.15, -0.1) is 0 Å². The summed E-state index contributed by atoms with van der Waals surface area (Å²) in [5.41, 5.74) is 5.42. The van der Waals surface area contributed by atoms with Crippen LogP contribution >= 0.6 is 0 Å². The molecule has 0 fully saturated rings. The van der Waals surface area contributed by atoms with Gasteiger partial charge >= 0.3 is 0 Å². The lowest BCUT2D eigenvalue weighted by Crippen LogP contribution is -2.30. The molecule has 0 bridgehead atoms. The fourth-order valence-corrected chi connectivity index (χ4v) is 2.39. The van der Waals surface area contributed by atoms with Gasteiger partial charge < -0.3 is 0 Å². The lowest BCUT2D eigenvalue weighted by atomic mass is 9.91. The normalized spacial score (nSPS) is 19.6. The fourth-order valence-electron chi connectivity index (χ4n) is 2.39. The summed E-state index contributed by atoms with van der Waals surface area (Å²) >= 11 is 0. The molecule has 1 aromatic rings. The maximum atomic E-state index is 4.78. The molecule has 1 heteroatoms. The van der Waals surface area contributed by atoms with Gasteiger partial charge in [0.2, 0.25) is 0 Å². The van der Waals surface area contributed by atoms with Crippen LogP contribution in [-0.2, 0) is 6.42 Å². The van der Waals surface area contributed by atoms with Crippen molar-refractivity contribution in [2.24, 2.45) is 4.99 Å². The molecule has 80 valence electrons. The van der Waals surface area contributed by atoms with E-state index in [1.165, 1.54) is 39.3 Å². The average molecular weight is 201 g/mol. The van der Waals surface area contributed by atoms with Crippen LogP contribution < -0.4 is 10.6 Å². The molecule has 1 heterocycles. The predicted octanol–water partition coefficient (Wildman–Crippen LogP) is 1.98. The summed E-state index contributed by atoms with van der Waals surface area (Å²) in [7, 11) is 0. The summed E-state index contributed by atoms with van der Waals surface area (Å²) in [6, 6.07) is 0.477. The van der Waals surface area contributed by atoms with Crippen molar-refractivity contribution >= 4 is 6.58 Å². The molecule has 0 aliphatic carbocycles. The van der Waals surface area contributed by atoms with Crippen molar-refractivity contribution in [3.63, 3.8) is 0 Å². The lowest BCUT2D eigenvalue weighted by Gasteiger charge is -2.19. The van der Waals surface area contributed by atoms with E-state index in [4.69, 9.17) is 4.99 Å². The van der Waals surface area contributed by atoms with Gasteiger partial charge in [0.25, 0.3) is 0 Å². The maximum absolute atomic E-state index is 4.78. The van der Waals surface area contributed by atoms with Crippen LogP contribution in [0, 0.1) is 20.8 Å². The molecular weight excluding hydrogens is 182 g/mol. The monoisotopic (exact) mass is 201 g/mol. The van der Waals surface area contributed by atoms with Gasteiger partial charge in [-0.1, -0.05) is 6.58 Å². The van der Waals surface area contributed by atoms with Crippen molar-refractivity contribution in [2.45, 2.75) is 46.6 Å². The van der Waals surface area contributed by atoms with Gasteiger partial charge in [-0.05, 0) is 68.0 Å². The summed E-state index contributed by atoms with van der Waals surface area (Å²) in [6.07, 6.45) is 2.34. The first kappa shape index (κ1) is 10.4. The van der Waals surface area contributed by atoms with Crippen LogP contribution in [0.25, 0.3) is 6.58 Å². The molecule has 0 saturated heterocycles. The van der Waals surface area contributed by atoms with Gasteiger partial charge in [0.05, 0.1) is 5.36 Å². The zero-order chi connectivity index (χ0) is 11.2. The van der Waals surface area contributed by atoms with Crippen molar-refractivity contribution in [3.8, 4) is 0 Å². The molecule has 15 heavy (non-hydrogen) atoms. The van der Waals surface area contributed by atoms with Gasteiger partial charge in [0.15, 0.2) is 0 Å². The first-order chi connectivity index (χ1) is 7.02. The largest absolute Gasteiger partial charge is 0.282 e. The van der Waals surface area contributed by atoms with Crippen molar-refractivity contribution in [3.05, 3.63) is 32.8 Å². The molecule has 0 saturated carbocycles. The van der Waals surface area contributed by atoms with Gasteiger partial charge in [0.1, 0.15) is 0 Å². The standard InChI is InChI=1S/C14H19N/c1-8-6-7-13-11(4)9(2)10(3)12(5)14(13)15-8/h8H,2,6-7H2,1,3-5H3. The summed E-state index contributed by atoms with van der Waals surface area (Å²) in [6.45, 7) is 12.9. The molecule has 1 nitrogen and oxygen atoms in total. The van der Waals surface area contributed by atoms with E-state index in [2.05, 4.69) is 34.3 Å². The van der Waals surface area contributed by atoms with Crippen LogP contribution in [0.2, 0.25) is 0 Å². The van der Waals surface area contributed by atoms with Gasteiger partial charge in [-0.3, -0.25) is 4.99 Å². The van der Waals surface area contributed by atoms with E-state index < -0.39 is 0 Å². The zero-order valence-corrected chi connectivity index (χ0v) is 10.1. The fraction of sp³-hybridized carbons (Fsp3) is 0.500. The molecule has 1 aliphatic heterocycles. The summed E-state index contributed by atoms with van der Waals surface area (Å²) in [5.74, 6) is 0. The molecule has 0 aromatic heterocycles. The highest BCUT2D eigenvalue weighted by Gasteiger charge is 2.15. The lowest BCUT2D eigenvalue weighted by molar-refractivity contribution is 0.616. The van der Waals surface area contributed by atoms with Crippen molar-refractivity contribution < 1.29 is 0 Å². The van der Waals surface area contributed by atoms with Gasteiger partial charge in [-0.25, -0.2) is 0 Å². The Morgan fingerprint density at radius 1 is 1.13 bits per heavy atom. The Labute approximate surface area is 91.6 Å². The van der Waals surface area contributed by atoms with Crippen LogP contribution in [0.5, 0.6) is 0 Å². The maximum Gasteiger partial charge on any atom is 0.0644 e. The third-order valence-corrected chi connectivity index (χ3v) is 3.72. The minimum absolute atomic E-state index is 0.477. The summed E-state index contributed by atoms with van der Waals surface area (Å²) in [4.78, 5) is 4.78. The van der Waals surface area contributed by atoms with Crippen LogP contribution in [0.4, 0.5) is 0 Å². The molecule has 1 aromatic carbocycles. The molecular formula is C14H19N. The third kappa shape index (κ3) is 1.50. The Hall–Kier alpha value is -1.11. The topological polar surface area (TPSA) is 12.4 Å². The minimum Gasteiger partial charge on any atom is -0.282 e. The zero-order valence-electron chi connectivity index (χ0n) is 10.1. The molecule has 0 radical (unpaired) electrons. The Balaban J connectivity index is 2.90. The number of benzene rings is 1. The second kappa shape index (κ2) is 3.48. The number of rotatable bonds is 0. The second-order valence-electron chi connectivity index (χ2n) is 4.70. The molecule has 1 aliphatic rings. The minimum atomic E-state index is 0.477. The molecule has 1 atom stereocenters. The Morgan fingerprint density at radius 2 is 1.80 bits per heavy atom. The van der Waals surface area contributed by atoms with E-state index in [0.717, 1.165) is 6.42 Å². The smallest absolute Gasteiger partial charge is 0.0644 e. The highest BCUT2D eigenvalue weighted by molar-refractivity contribution is 5.40. The average Bonchev–Trinajstić information content (AvgIpc) is 2.23. The number of nitrogens with zero attached hydrogens (tertiary/aromatic N) is 1. The van der Waals surface area contributed by atoms with Gasteiger partial charge in [0, 0.05) is 6.04 Å². The van der Waals surface area contributed by atoms with Crippen molar-refractivity contribution in [1.82, 2.24) is 0 Å². The number of hydrogen-bond acceptors (Lipinski definition) is 1. The Morgan fingerprint density at radius 3 is 2.47 bits per heavy atom. The van der Waals surface area contributed by atoms with E-state index in [-0.39, 0.29) is 0 Å². The Kier molecular flexibility index (Phi) is 2.41. The summed E-state index contributed by atoms with van der Waals surface area (Å²) < 4.78 is 0. The van der Waals surface area contributed by atoms with Crippen LogP contribution in [-0.4, -0.2) is 6.04 Å². The van der Waals surface area contributed by atoms with Crippen LogP contribution in [0.1, 0.15) is 35.6 Å². The van der Waals surface area contributed by atoms with E-state index in [9.17, 15) is 0 Å². The van der Waals surface area contributed by atoms with E-state index >= 15 is 0 Å². The molecule has 0 spiro atoms. The molecule has 2 rings (SSSR count). The van der Waals surface area contributed by atoms with E-state index in [0.29, 0.717) is 6.04 Å². The highest BCUT2D eigenvalue weighted by Crippen LogP contribution is 2.13. The van der Waals surface area contributed by atoms with Crippen LogP contribution in [0.3, 0.4) is 0 Å². The molecule has 0 N–H and O–H groups in total. The van der Waals surface area contributed by atoms with Crippen LogP contribution in [0.15, 0.2) is 4.99 Å². The van der Waals surface area contributed by atoms with E-state index in [1.54, 1.807) is 0 Å². The first-order valence-corrected chi connectivity index (χ1v) is 5.67.